The van der Waals surface area contributed by atoms with Gasteiger partial charge in [0.1, 0.15) is 11.7 Å². The summed E-state index contributed by atoms with van der Waals surface area (Å²) in [6.07, 6.45) is 3.17. The molecule has 1 aliphatic rings. The van der Waals surface area contributed by atoms with Gasteiger partial charge in [0.05, 0.1) is 12.6 Å². The first kappa shape index (κ1) is 20.2. The number of rotatable bonds is 3. The van der Waals surface area contributed by atoms with E-state index in [4.69, 9.17) is 14.0 Å². The number of nitrogens with zero attached hydrogens (tertiary/aromatic N) is 1. The van der Waals surface area contributed by atoms with Crippen molar-refractivity contribution in [3.63, 3.8) is 0 Å². The second kappa shape index (κ2) is 6.95. The number of carbonyl (C=O) groups excluding carboxylic acids is 1. The highest BCUT2D eigenvalue weighted by Gasteiger charge is 2.38. The van der Waals surface area contributed by atoms with Crippen molar-refractivity contribution in [2.45, 2.75) is 84.3 Å². The molecule has 0 saturated heterocycles. The van der Waals surface area contributed by atoms with Crippen LogP contribution in [-0.4, -0.2) is 43.8 Å². The van der Waals surface area contributed by atoms with Crippen molar-refractivity contribution < 1.29 is 18.8 Å². The molecule has 0 N–H and O–H groups in total. The monoisotopic (exact) mass is 343 g/mol. The smallest absolute Gasteiger partial charge is 0.435 e. The molecule has 1 rings (SSSR count). The molecule has 6 heteroatoms. The van der Waals surface area contributed by atoms with Gasteiger partial charge >= 0.3 is 6.09 Å². The highest BCUT2D eigenvalue weighted by Crippen LogP contribution is 2.36. The first-order chi connectivity index (χ1) is 10.2. The van der Waals surface area contributed by atoms with Crippen LogP contribution in [0.2, 0.25) is 18.1 Å². The largest absolute Gasteiger partial charge is 0.442 e. The van der Waals surface area contributed by atoms with Gasteiger partial charge in [0, 0.05) is 0 Å². The third-order valence-corrected chi connectivity index (χ3v) is 8.71. The molecule has 134 valence electrons. The molecule has 2 atom stereocenters. The Labute approximate surface area is 142 Å². The van der Waals surface area contributed by atoms with Crippen molar-refractivity contribution in [2.24, 2.45) is 0 Å². The Morgan fingerprint density at radius 3 is 2.22 bits per heavy atom. The summed E-state index contributed by atoms with van der Waals surface area (Å²) in [7, 11) is -1.84. The summed E-state index contributed by atoms with van der Waals surface area (Å²) < 4.78 is 11.6. The highest BCUT2D eigenvalue weighted by molar-refractivity contribution is 6.74. The third kappa shape index (κ3) is 5.93. The van der Waals surface area contributed by atoms with E-state index in [9.17, 15) is 4.79 Å². The van der Waals surface area contributed by atoms with Crippen LogP contribution in [0.3, 0.4) is 0 Å². The molecule has 0 aromatic carbocycles. The van der Waals surface area contributed by atoms with Gasteiger partial charge in [-0.25, -0.2) is 4.79 Å². The van der Waals surface area contributed by atoms with Crippen molar-refractivity contribution >= 4 is 14.4 Å². The van der Waals surface area contributed by atoms with E-state index in [1.54, 1.807) is 0 Å². The van der Waals surface area contributed by atoms with Gasteiger partial charge in [-0.3, -0.25) is 4.84 Å². The van der Waals surface area contributed by atoms with Crippen molar-refractivity contribution in [3.05, 3.63) is 12.2 Å². The molecule has 5 nitrogen and oxygen atoms in total. The van der Waals surface area contributed by atoms with E-state index in [-0.39, 0.29) is 17.2 Å². The second-order valence-corrected chi connectivity index (χ2v) is 13.5. The van der Waals surface area contributed by atoms with Crippen molar-refractivity contribution in [1.29, 1.82) is 0 Å². The van der Waals surface area contributed by atoms with E-state index >= 15 is 0 Å². The van der Waals surface area contributed by atoms with E-state index in [2.05, 4.69) is 33.9 Å². The Bertz CT molecular complexity index is 448. The molecule has 0 bridgehead atoms. The van der Waals surface area contributed by atoms with Crippen LogP contribution in [0.25, 0.3) is 0 Å². The van der Waals surface area contributed by atoms with Crippen LogP contribution in [0.1, 0.15) is 48.5 Å². The summed E-state index contributed by atoms with van der Waals surface area (Å²) in [5.41, 5.74) is -0.547. The fraction of sp³-hybridized carbons (Fsp3) is 0.824. The number of carbonyl (C=O) groups is 1. The van der Waals surface area contributed by atoms with Crippen molar-refractivity contribution in [1.82, 2.24) is 5.06 Å². The highest BCUT2D eigenvalue weighted by atomic mass is 28.4. The Morgan fingerprint density at radius 2 is 1.74 bits per heavy atom. The predicted molar refractivity (Wildman–Crippen MR) is 94.7 cm³/mol. The first-order valence-corrected chi connectivity index (χ1v) is 11.1. The topological polar surface area (TPSA) is 48.0 Å². The Kier molecular flexibility index (Phi) is 6.10. The third-order valence-electron chi connectivity index (χ3n) is 4.21. The second-order valence-electron chi connectivity index (χ2n) is 8.65. The first-order valence-electron chi connectivity index (χ1n) is 8.24. The quantitative estimate of drug-likeness (QED) is 0.559. The van der Waals surface area contributed by atoms with Crippen LogP contribution in [-0.2, 0) is 14.0 Å². The minimum absolute atomic E-state index is 0.142. The molecule has 0 unspecified atom stereocenters. The van der Waals surface area contributed by atoms with Gasteiger partial charge in [-0.2, -0.15) is 5.06 Å². The summed E-state index contributed by atoms with van der Waals surface area (Å²) in [5, 5.41) is 1.44. The van der Waals surface area contributed by atoms with Crippen LogP contribution < -0.4 is 0 Å². The van der Waals surface area contributed by atoms with Crippen LogP contribution in [0, 0.1) is 0 Å². The molecule has 1 amide bonds. The molecule has 1 aliphatic heterocycles. The zero-order valence-corrected chi connectivity index (χ0v) is 17.1. The molecule has 0 fully saturated rings. The van der Waals surface area contributed by atoms with Gasteiger partial charge in [0.25, 0.3) is 0 Å². The molecular formula is C17H33NO4Si. The summed E-state index contributed by atoms with van der Waals surface area (Å²) >= 11 is 0. The van der Waals surface area contributed by atoms with Gasteiger partial charge in [-0.15, -0.1) is 0 Å². The molecule has 0 aliphatic carbocycles. The van der Waals surface area contributed by atoms with Crippen LogP contribution >= 0.6 is 0 Å². The minimum atomic E-state index is -1.84. The van der Waals surface area contributed by atoms with Gasteiger partial charge in [0.15, 0.2) is 8.32 Å². The summed E-state index contributed by atoms with van der Waals surface area (Å²) in [6, 6.07) is -0.158. The molecule has 0 aromatic rings. The average Bonchev–Trinajstić information content (AvgIpc) is 2.34. The number of hydroxylamine groups is 2. The van der Waals surface area contributed by atoms with Gasteiger partial charge in [0.2, 0.25) is 0 Å². The average molecular weight is 344 g/mol. The molecule has 1 heterocycles. The summed E-state index contributed by atoms with van der Waals surface area (Å²) in [5.74, 6) is 0. The molecule has 23 heavy (non-hydrogen) atoms. The zero-order chi connectivity index (χ0) is 18.1. The summed E-state index contributed by atoms with van der Waals surface area (Å²) in [6.45, 7) is 18.9. The van der Waals surface area contributed by atoms with Crippen molar-refractivity contribution in [3.8, 4) is 0 Å². The lowest BCUT2D eigenvalue weighted by molar-refractivity contribution is -0.193. The maximum atomic E-state index is 12.2. The normalized spacial score (nSPS) is 23.1. The number of amides is 1. The summed E-state index contributed by atoms with van der Waals surface area (Å²) in [4.78, 5) is 18.0. The number of ether oxygens (including phenoxy) is 1. The SMILES string of the molecule is C[C@H]1C=C[C@@H](CO[Si](C)(C)C(C)(C)C)ON1C(=O)OC(C)(C)C. The van der Waals surface area contributed by atoms with Gasteiger partial charge in [-0.1, -0.05) is 32.9 Å². The maximum Gasteiger partial charge on any atom is 0.435 e. The molecule has 0 saturated carbocycles. The van der Waals surface area contributed by atoms with Crippen molar-refractivity contribution in [2.75, 3.05) is 6.61 Å². The molecule has 0 aromatic heterocycles. The van der Waals surface area contributed by atoms with Crippen LogP contribution in [0.4, 0.5) is 4.79 Å². The molecular weight excluding hydrogens is 310 g/mol. The fourth-order valence-electron chi connectivity index (χ4n) is 1.75. The lowest BCUT2D eigenvalue weighted by Gasteiger charge is -2.39. The van der Waals surface area contributed by atoms with E-state index in [0.717, 1.165) is 0 Å². The fourth-order valence-corrected chi connectivity index (χ4v) is 2.76. The zero-order valence-electron chi connectivity index (χ0n) is 16.1. The standard InChI is InChI=1S/C17H33NO4Si/c1-13-10-11-14(12-20-23(8,9)17(5,6)7)22-18(13)15(19)21-16(2,3)4/h10-11,13-14H,12H2,1-9H3/t13-,14-/m0/s1. The van der Waals surface area contributed by atoms with E-state index in [1.807, 2.05) is 39.8 Å². The Balaban J connectivity index is 2.67. The molecule has 0 spiro atoms. The van der Waals surface area contributed by atoms with E-state index in [1.165, 1.54) is 5.06 Å². The van der Waals surface area contributed by atoms with E-state index in [0.29, 0.717) is 6.61 Å². The lowest BCUT2D eigenvalue weighted by atomic mass is 10.2. The maximum absolute atomic E-state index is 12.2. The number of hydrogen-bond donors (Lipinski definition) is 0. The van der Waals surface area contributed by atoms with Gasteiger partial charge in [-0.05, 0) is 45.8 Å². The minimum Gasteiger partial charge on any atom is -0.442 e. The predicted octanol–water partition coefficient (Wildman–Crippen LogP) is 4.50. The van der Waals surface area contributed by atoms with Crippen LogP contribution in [0.15, 0.2) is 12.2 Å². The van der Waals surface area contributed by atoms with E-state index < -0.39 is 20.0 Å². The van der Waals surface area contributed by atoms with Gasteiger partial charge < -0.3 is 9.16 Å². The Hall–Kier alpha value is -0.853. The number of hydrogen-bond acceptors (Lipinski definition) is 4. The lowest BCUT2D eigenvalue weighted by Crippen LogP contribution is -2.48. The Morgan fingerprint density at radius 1 is 1.17 bits per heavy atom. The van der Waals surface area contributed by atoms with Crippen LogP contribution in [0.5, 0.6) is 0 Å². The molecule has 0 radical (unpaired) electrons.